The summed E-state index contributed by atoms with van der Waals surface area (Å²) >= 11 is 0.719. The van der Waals surface area contributed by atoms with Gasteiger partial charge in [0.15, 0.2) is 16.8 Å². The summed E-state index contributed by atoms with van der Waals surface area (Å²) < 4.78 is 89.2. The Bertz CT molecular complexity index is 1010. The second-order valence-electron chi connectivity index (χ2n) is 6.13. The van der Waals surface area contributed by atoms with Crippen LogP contribution < -0.4 is 10.0 Å². The van der Waals surface area contributed by atoms with Gasteiger partial charge in [-0.25, -0.2) is 13.5 Å². The van der Waals surface area contributed by atoms with Crippen LogP contribution in [-0.2, 0) is 15.8 Å². The fourth-order valence-corrected chi connectivity index (χ4v) is 3.51. The average Bonchev–Trinajstić information content (AvgIpc) is 2.67. The van der Waals surface area contributed by atoms with Crippen LogP contribution in [0.25, 0.3) is 0 Å². The Kier molecular flexibility index (Phi) is 8.36. The molecule has 1 heterocycles. The lowest BCUT2D eigenvalue weighted by Crippen LogP contribution is -2.31. The molecule has 0 unspecified atom stereocenters. The van der Waals surface area contributed by atoms with Crippen molar-refractivity contribution in [1.29, 1.82) is 0 Å². The smallest absolute Gasteiger partial charge is 0.394 e. The number of sulfonamides is 1. The number of aliphatic hydroxyl groups excluding tert-OH is 1. The van der Waals surface area contributed by atoms with Crippen LogP contribution in [0.1, 0.15) is 25.3 Å². The number of aromatic nitrogens is 3. The number of nitrogens with one attached hydrogen (secondary N) is 2. The summed E-state index contributed by atoms with van der Waals surface area (Å²) in [6.45, 7) is 1.48. The zero-order valence-corrected chi connectivity index (χ0v) is 17.6. The van der Waals surface area contributed by atoms with Crippen LogP contribution in [0.5, 0.6) is 0 Å². The maximum Gasteiger partial charge on any atom is 0.516 e. The second-order valence-corrected chi connectivity index (χ2v) is 8.75. The molecule has 0 bridgehead atoms. The van der Waals surface area contributed by atoms with E-state index in [1.165, 1.54) is 16.9 Å². The Labute approximate surface area is 178 Å². The van der Waals surface area contributed by atoms with Gasteiger partial charge in [-0.15, -0.1) is 0 Å². The first-order valence-corrected chi connectivity index (χ1v) is 11.2. The maximum atomic E-state index is 13.8. The summed E-state index contributed by atoms with van der Waals surface area (Å²) in [5.41, 5.74) is -5.67. The highest BCUT2D eigenvalue weighted by molar-refractivity contribution is 7.98. The standard InChI is InChI=1S/C16H18F5N5O3S2/c1-2-4-10(7-27)22-13-23-14(26-31(28,29)16(19,20)21)25-15(24-13)30-8-9-5-3-6-11(17)12(9)18/h3,5-6,10,27H,2,4,7-8H2,1H3,(H2,22,23,24,25,26)/t10-/m1/s1. The Morgan fingerprint density at radius 1 is 1.16 bits per heavy atom. The Morgan fingerprint density at radius 3 is 2.45 bits per heavy atom. The number of rotatable bonds is 10. The summed E-state index contributed by atoms with van der Waals surface area (Å²) in [4.78, 5) is 11.2. The molecule has 0 spiro atoms. The zero-order valence-electron chi connectivity index (χ0n) is 15.9. The molecule has 15 heteroatoms. The number of nitrogens with zero attached hydrogens (tertiary/aromatic N) is 3. The number of alkyl halides is 3. The molecule has 2 rings (SSSR count). The van der Waals surface area contributed by atoms with Crippen molar-refractivity contribution in [2.24, 2.45) is 0 Å². The first kappa shape index (κ1) is 25.0. The predicted molar refractivity (Wildman–Crippen MR) is 104 cm³/mol. The van der Waals surface area contributed by atoms with E-state index in [0.717, 1.165) is 17.8 Å². The van der Waals surface area contributed by atoms with Crippen LogP contribution in [0.4, 0.5) is 33.8 Å². The van der Waals surface area contributed by atoms with Crippen molar-refractivity contribution in [1.82, 2.24) is 15.0 Å². The van der Waals surface area contributed by atoms with E-state index in [9.17, 15) is 35.5 Å². The number of hydrogen-bond acceptors (Lipinski definition) is 8. The first-order valence-electron chi connectivity index (χ1n) is 8.75. The molecule has 2 aromatic rings. The highest BCUT2D eigenvalue weighted by Crippen LogP contribution is 2.27. The summed E-state index contributed by atoms with van der Waals surface area (Å²) in [7, 11) is -5.81. The minimum absolute atomic E-state index is 0.0587. The number of anilines is 2. The number of benzene rings is 1. The van der Waals surface area contributed by atoms with Gasteiger partial charge in [0.05, 0.1) is 12.6 Å². The monoisotopic (exact) mass is 487 g/mol. The van der Waals surface area contributed by atoms with Crippen molar-refractivity contribution in [2.45, 2.75) is 42.2 Å². The first-order chi connectivity index (χ1) is 14.5. The van der Waals surface area contributed by atoms with Gasteiger partial charge in [-0.1, -0.05) is 37.2 Å². The molecule has 0 saturated heterocycles. The van der Waals surface area contributed by atoms with E-state index in [-0.39, 0.29) is 29.0 Å². The molecule has 1 aromatic heterocycles. The molecule has 3 N–H and O–H groups in total. The van der Waals surface area contributed by atoms with Crippen molar-refractivity contribution >= 4 is 33.7 Å². The van der Waals surface area contributed by atoms with E-state index in [0.29, 0.717) is 12.8 Å². The highest BCUT2D eigenvalue weighted by Gasteiger charge is 2.46. The van der Waals surface area contributed by atoms with E-state index >= 15 is 0 Å². The summed E-state index contributed by atoms with van der Waals surface area (Å²) in [5.74, 6) is -3.62. The minimum Gasteiger partial charge on any atom is -0.394 e. The van der Waals surface area contributed by atoms with Crippen LogP contribution in [0.2, 0.25) is 0 Å². The molecular formula is C16H18F5N5O3S2. The van der Waals surface area contributed by atoms with Crippen molar-refractivity contribution in [2.75, 3.05) is 16.6 Å². The predicted octanol–water partition coefficient (Wildman–Crippen LogP) is 3.28. The minimum atomic E-state index is -5.81. The lowest BCUT2D eigenvalue weighted by molar-refractivity contribution is -0.0429. The van der Waals surface area contributed by atoms with Crippen molar-refractivity contribution < 1.29 is 35.5 Å². The topological polar surface area (TPSA) is 117 Å². The molecule has 8 nitrogen and oxygen atoms in total. The van der Waals surface area contributed by atoms with Gasteiger partial charge < -0.3 is 10.4 Å². The van der Waals surface area contributed by atoms with Gasteiger partial charge in [-0.05, 0) is 12.5 Å². The number of hydrogen-bond donors (Lipinski definition) is 3. The maximum absolute atomic E-state index is 13.8. The Morgan fingerprint density at radius 2 is 1.84 bits per heavy atom. The quantitative estimate of drug-likeness (QED) is 0.345. The zero-order chi connectivity index (χ0) is 23.2. The fraction of sp³-hybridized carbons (Fsp3) is 0.438. The average molecular weight is 487 g/mol. The fourth-order valence-electron chi connectivity index (χ4n) is 2.25. The van der Waals surface area contributed by atoms with Gasteiger partial charge in [-0.2, -0.15) is 36.5 Å². The summed E-state index contributed by atoms with van der Waals surface area (Å²) in [5, 5.41) is 11.8. The summed E-state index contributed by atoms with van der Waals surface area (Å²) in [6, 6.07) is 2.93. The Hall–Kier alpha value is -2.26. The molecule has 0 aliphatic carbocycles. The van der Waals surface area contributed by atoms with Crippen LogP contribution in [0.15, 0.2) is 23.4 Å². The van der Waals surface area contributed by atoms with Crippen LogP contribution >= 0.6 is 11.8 Å². The third-order valence-electron chi connectivity index (χ3n) is 3.72. The third-order valence-corrected chi connectivity index (χ3v) is 5.68. The molecule has 0 aliphatic rings. The van der Waals surface area contributed by atoms with E-state index in [1.54, 1.807) is 0 Å². The Balaban J connectivity index is 2.34. The van der Waals surface area contributed by atoms with Crippen molar-refractivity contribution in [3.63, 3.8) is 0 Å². The SMILES string of the molecule is CCC[C@H](CO)Nc1nc(NS(=O)(=O)C(F)(F)F)nc(SCc2cccc(F)c2F)n1. The molecule has 1 aromatic carbocycles. The number of thioether (sulfide) groups is 1. The van der Waals surface area contributed by atoms with E-state index < -0.39 is 39.2 Å². The van der Waals surface area contributed by atoms with Gasteiger partial charge in [-0.3, -0.25) is 0 Å². The normalized spacial score (nSPS) is 13.1. The molecule has 31 heavy (non-hydrogen) atoms. The van der Waals surface area contributed by atoms with Crippen LogP contribution in [-0.4, -0.2) is 46.6 Å². The van der Waals surface area contributed by atoms with Crippen molar-refractivity contribution in [3.05, 3.63) is 35.4 Å². The van der Waals surface area contributed by atoms with Crippen LogP contribution in [0.3, 0.4) is 0 Å². The molecule has 0 saturated carbocycles. The molecule has 1 atom stereocenters. The van der Waals surface area contributed by atoms with E-state index in [1.807, 2.05) is 6.92 Å². The van der Waals surface area contributed by atoms with Crippen molar-refractivity contribution in [3.8, 4) is 0 Å². The molecule has 0 amide bonds. The number of halogens is 5. The molecule has 0 aliphatic heterocycles. The van der Waals surface area contributed by atoms with Gasteiger partial charge in [0.1, 0.15) is 0 Å². The molecule has 0 fully saturated rings. The number of aliphatic hydroxyl groups is 1. The molecular weight excluding hydrogens is 469 g/mol. The lowest BCUT2D eigenvalue weighted by Gasteiger charge is -2.16. The van der Waals surface area contributed by atoms with Gasteiger partial charge in [0.2, 0.25) is 11.9 Å². The van der Waals surface area contributed by atoms with Gasteiger partial charge >= 0.3 is 15.5 Å². The highest BCUT2D eigenvalue weighted by atomic mass is 32.2. The van der Waals surface area contributed by atoms with Gasteiger partial charge in [0, 0.05) is 11.3 Å². The van der Waals surface area contributed by atoms with Crippen LogP contribution in [0, 0.1) is 11.6 Å². The summed E-state index contributed by atoms with van der Waals surface area (Å²) in [6.07, 6.45) is 1.11. The second kappa shape index (κ2) is 10.4. The lowest BCUT2D eigenvalue weighted by atomic mass is 10.2. The molecule has 172 valence electrons. The molecule has 0 radical (unpaired) electrons. The van der Waals surface area contributed by atoms with Gasteiger partial charge in [0.25, 0.3) is 0 Å². The largest absolute Gasteiger partial charge is 0.516 e. The van der Waals surface area contributed by atoms with E-state index in [4.69, 9.17) is 0 Å². The third kappa shape index (κ3) is 6.87. The van der Waals surface area contributed by atoms with E-state index in [2.05, 4.69) is 20.3 Å².